The Morgan fingerprint density at radius 1 is 1.50 bits per heavy atom. The van der Waals surface area contributed by atoms with E-state index in [0.717, 1.165) is 34.1 Å². The van der Waals surface area contributed by atoms with E-state index in [4.69, 9.17) is 0 Å². The molecule has 18 heavy (non-hydrogen) atoms. The average molecular weight is 358 g/mol. The first-order chi connectivity index (χ1) is 8.59. The van der Waals surface area contributed by atoms with E-state index < -0.39 is 0 Å². The first kappa shape index (κ1) is 13.8. The fourth-order valence-corrected chi connectivity index (χ4v) is 2.91. The monoisotopic (exact) mass is 358 g/mol. The molecule has 0 bridgehead atoms. The maximum Gasteiger partial charge on any atom is 0.252 e. The Morgan fingerprint density at radius 2 is 2.28 bits per heavy atom. The van der Waals surface area contributed by atoms with E-state index in [0.29, 0.717) is 6.04 Å². The van der Waals surface area contributed by atoms with Crippen molar-refractivity contribution >= 4 is 28.5 Å². The maximum atomic E-state index is 12.3. The minimum Gasteiger partial charge on any atom is -0.348 e. The van der Waals surface area contributed by atoms with Gasteiger partial charge in [0.25, 0.3) is 5.91 Å². The van der Waals surface area contributed by atoms with E-state index in [1.165, 1.54) is 0 Å². The molecule has 3 nitrogen and oxygen atoms in total. The third-order valence-corrected chi connectivity index (χ3v) is 4.95. The van der Waals surface area contributed by atoms with Gasteiger partial charge in [0, 0.05) is 15.7 Å². The van der Waals surface area contributed by atoms with Crippen LogP contribution in [0.1, 0.15) is 35.7 Å². The molecule has 1 saturated heterocycles. The predicted octanol–water partition coefficient (Wildman–Crippen LogP) is 2.47. The highest BCUT2D eigenvalue weighted by molar-refractivity contribution is 14.1. The van der Waals surface area contributed by atoms with Crippen LogP contribution in [0.5, 0.6) is 0 Å². The Morgan fingerprint density at radius 3 is 3.00 bits per heavy atom. The van der Waals surface area contributed by atoms with Gasteiger partial charge >= 0.3 is 0 Å². The van der Waals surface area contributed by atoms with Gasteiger partial charge < -0.3 is 10.6 Å². The molecule has 2 N–H and O–H groups in total. The zero-order chi connectivity index (χ0) is 13.1. The van der Waals surface area contributed by atoms with Crippen molar-refractivity contribution in [3.8, 4) is 0 Å². The van der Waals surface area contributed by atoms with Crippen LogP contribution in [0.2, 0.25) is 0 Å². The lowest BCUT2D eigenvalue weighted by molar-refractivity contribution is 0.0919. The second-order valence-electron chi connectivity index (χ2n) is 4.90. The van der Waals surface area contributed by atoms with Gasteiger partial charge in [0.1, 0.15) is 0 Å². The molecule has 4 heteroatoms. The normalized spacial score (nSPS) is 23.7. The van der Waals surface area contributed by atoms with Crippen molar-refractivity contribution in [1.82, 2.24) is 10.6 Å². The molecule has 98 valence electrons. The topological polar surface area (TPSA) is 41.1 Å². The Kier molecular flexibility index (Phi) is 4.61. The van der Waals surface area contributed by atoms with Gasteiger partial charge in [0.05, 0.1) is 5.56 Å². The minimum atomic E-state index is 0.0450. The quantitative estimate of drug-likeness (QED) is 0.798. The number of aryl methyl sites for hydroxylation is 1. The van der Waals surface area contributed by atoms with Crippen LogP contribution in [0.3, 0.4) is 0 Å². The highest BCUT2D eigenvalue weighted by Crippen LogP contribution is 2.17. The second-order valence-corrected chi connectivity index (χ2v) is 5.98. The van der Waals surface area contributed by atoms with E-state index >= 15 is 0 Å². The first-order valence-corrected chi connectivity index (χ1v) is 7.47. The van der Waals surface area contributed by atoms with E-state index in [1.807, 2.05) is 25.1 Å². The SMILES string of the molecule is Cc1cccc(C(=O)NC2CCCNC2C)c1I. The van der Waals surface area contributed by atoms with Crippen LogP contribution >= 0.6 is 22.6 Å². The molecule has 2 unspecified atom stereocenters. The van der Waals surface area contributed by atoms with Gasteiger partial charge in [-0.05, 0) is 67.5 Å². The van der Waals surface area contributed by atoms with E-state index in [1.54, 1.807) is 0 Å². The number of piperidine rings is 1. The first-order valence-electron chi connectivity index (χ1n) is 6.39. The van der Waals surface area contributed by atoms with Crippen LogP contribution in [-0.2, 0) is 0 Å². The molecule has 1 aromatic carbocycles. The van der Waals surface area contributed by atoms with E-state index in [9.17, 15) is 4.79 Å². The van der Waals surface area contributed by atoms with Crippen LogP contribution in [0.15, 0.2) is 18.2 Å². The number of nitrogens with one attached hydrogen (secondary N) is 2. The number of amides is 1. The smallest absolute Gasteiger partial charge is 0.252 e. The molecule has 1 heterocycles. The standard InChI is InChI=1S/C14H19IN2O/c1-9-5-3-6-11(13(9)15)14(18)17-12-7-4-8-16-10(12)2/h3,5-6,10,12,16H,4,7-8H2,1-2H3,(H,17,18). The highest BCUT2D eigenvalue weighted by atomic mass is 127. The number of halogens is 1. The molecular weight excluding hydrogens is 339 g/mol. The third kappa shape index (κ3) is 3.03. The van der Waals surface area contributed by atoms with Crippen LogP contribution in [0.4, 0.5) is 0 Å². The Balaban J connectivity index is 2.09. The zero-order valence-electron chi connectivity index (χ0n) is 10.8. The van der Waals surface area contributed by atoms with Crippen molar-refractivity contribution in [3.63, 3.8) is 0 Å². The van der Waals surface area contributed by atoms with Crippen LogP contribution in [-0.4, -0.2) is 24.5 Å². The van der Waals surface area contributed by atoms with Crippen LogP contribution in [0, 0.1) is 10.5 Å². The number of rotatable bonds is 2. The number of carbonyl (C=O) groups is 1. The molecule has 2 atom stereocenters. The van der Waals surface area contributed by atoms with Crippen molar-refractivity contribution in [2.75, 3.05) is 6.54 Å². The Hall–Kier alpha value is -0.620. The summed E-state index contributed by atoms with van der Waals surface area (Å²) in [6, 6.07) is 6.45. The fourth-order valence-electron chi connectivity index (χ4n) is 2.31. The molecule has 0 saturated carbocycles. The van der Waals surface area contributed by atoms with Crippen molar-refractivity contribution in [1.29, 1.82) is 0 Å². The average Bonchev–Trinajstić information content (AvgIpc) is 2.35. The maximum absolute atomic E-state index is 12.3. The van der Waals surface area contributed by atoms with Crippen LogP contribution < -0.4 is 10.6 Å². The van der Waals surface area contributed by atoms with Gasteiger partial charge in [-0.15, -0.1) is 0 Å². The molecular formula is C14H19IN2O. The van der Waals surface area contributed by atoms with Crippen molar-refractivity contribution in [3.05, 3.63) is 32.9 Å². The van der Waals surface area contributed by atoms with Gasteiger partial charge in [0.15, 0.2) is 0 Å². The van der Waals surface area contributed by atoms with Crippen molar-refractivity contribution < 1.29 is 4.79 Å². The molecule has 0 aliphatic carbocycles. The van der Waals surface area contributed by atoms with Gasteiger partial charge in [-0.2, -0.15) is 0 Å². The van der Waals surface area contributed by atoms with Crippen LogP contribution in [0.25, 0.3) is 0 Å². The van der Waals surface area contributed by atoms with Crippen molar-refractivity contribution in [2.24, 2.45) is 0 Å². The van der Waals surface area contributed by atoms with E-state index in [2.05, 4.69) is 40.1 Å². The number of hydrogen-bond donors (Lipinski definition) is 2. The summed E-state index contributed by atoms with van der Waals surface area (Å²) in [4.78, 5) is 12.3. The molecule has 0 radical (unpaired) electrons. The number of carbonyl (C=O) groups excluding carboxylic acids is 1. The molecule has 1 aliphatic rings. The second kappa shape index (κ2) is 6.02. The predicted molar refractivity (Wildman–Crippen MR) is 81.8 cm³/mol. The summed E-state index contributed by atoms with van der Waals surface area (Å²) in [6.45, 7) is 5.21. The largest absolute Gasteiger partial charge is 0.348 e. The summed E-state index contributed by atoms with van der Waals surface area (Å²) in [5.74, 6) is 0.0450. The van der Waals surface area contributed by atoms with Gasteiger partial charge in [-0.25, -0.2) is 0 Å². The lowest BCUT2D eigenvalue weighted by Crippen LogP contribution is -2.52. The molecule has 1 amide bonds. The summed E-state index contributed by atoms with van der Waals surface area (Å²) in [7, 11) is 0. The summed E-state index contributed by atoms with van der Waals surface area (Å²) >= 11 is 2.24. The summed E-state index contributed by atoms with van der Waals surface area (Å²) in [6.07, 6.45) is 2.18. The zero-order valence-corrected chi connectivity index (χ0v) is 13.0. The Bertz CT molecular complexity index is 447. The third-order valence-electron chi connectivity index (χ3n) is 3.51. The highest BCUT2D eigenvalue weighted by Gasteiger charge is 2.23. The summed E-state index contributed by atoms with van der Waals surface area (Å²) in [5.41, 5.74) is 1.94. The molecule has 0 aromatic heterocycles. The van der Waals surface area contributed by atoms with Crippen molar-refractivity contribution in [2.45, 2.75) is 38.8 Å². The molecule has 0 spiro atoms. The Labute approximate surface area is 122 Å². The van der Waals surface area contributed by atoms with Gasteiger partial charge in [-0.1, -0.05) is 12.1 Å². The molecule has 1 aliphatic heterocycles. The molecule has 2 rings (SSSR count). The summed E-state index contributed by atoms with van der Waals surface area (Å²) in [5, 5.41) is 6.54. The van der Waals surface area contributed by atoms with Gasteiger partial charge in [0.2, 0.25) is 0 Å². The number of benzene rings is 1. The molecule has 1 aromatic rings. The minimum absolute atomic E-state index is 0.0450. The van der Waals surface area contributed by atoms with E-state index in [-0.39, 0.29) is 11.9 Å². The molecule has 1 fully saturated rings. The fraction of sp³-hybridized carbons (Fsp3) is 0.500. The summed E-state index contributed by atoms with van der Waals surface area (Å²) < 4.78 is 1.05. The lowest BCUT2D eigenvalue weighted by atomic mass is 9.99. The lowest BCUT2D eigenvalue weighted by Gasteiger charge is -2.30. The number of hydrogen-bond acceptors (Lipinski definition) is 2. The van der Waals surface area contributed by atoms with Gasteiger partial charge in [-0.3, -0.25) is 4.79 Å².